The molecule has 0 saturated heterocycles. The van der Waals surface area contributed by atoms with Crippen LogP contribution in [-0.4, -0.2) is 21.6 Å². The SMILES string of the molecule is CC(C)c1nc2c(c(I)c1[C@@H](O)c1ccc(OC(F)(F)F)cc1)C(O)CC(C)(C)C2. The predicted octanol–water partition coefficient (Wildman–Crippen LogP) is 5.80. The van der Waals surface area contributed by atoms with Gasteiger partial charge in [0.15, 0.2) is 0 Å². The molecule has 0 amide bonds. The summed E-state index contributed by atoms with van der Waals surface area (Å²) in [4.78, 5) is 4.83. The highest BCUT2D eigenvalue weighted by Gasteiger charge is 2.37. The molecule has 0 fully saturated rings. The summed E-state index contributed by atoms with van der Waals surface area (Å²) in [6, 6.07) is 5.17. The van der Waals surface area contributed by atoms with E-state index >= 15 is 0 Å². The summed E-state index contributed by atoms with van der Waals surface area (Å²) in [6.07, 6.45) is -5.22. The van der Waals surface area contributed by atoms with Crippen molar-refractivity contribution in [3.8, 4) is 5.75 Å². The smallest absolute Gasteiger partial charge is 0.406 e. The van der Waals surface area contributed by atoms with E-state index in [-0.39, 0.29) is 17.1 Å². The van der Waals surface area contributed by atoms with Gasteiger partial charge in [0.1, 0.15) is 11.9 Å². The summed E-state index contributed by atoms with van der Waals surface area (Å²) in [7, 11) is 0. The molecule has 1 aromatic carbocycles. The van der Waals surface area contributed by atoms with E-state index < -0.39 is 18.6 Å². The first-order valence-corrected chi connectivity index (χ1v) is 10.8. The average molecular weight is 535 g/mol. The number of alkyl halides is 3. The molecule has 0 aliphatic heterocycles. The van der Waals surface area contributed by atoms with Crippen molar-refractivity contribution in [1.82, 2.24) is 4.98 Å². The number of rotatable bonds is 4. The molecule has 1 aliphatic rings. The van der Waals surface area contributed by atoms with Gasteiger partial charge in [0.2, 0.25) is 0 Å². The number of hydrogen-bond donors (Lipinski definition) is 2. The van der Waals surface area contributed by atoms with Crippen LogP contribution in [0.1, 0.15) is 80.3 Å². The normalized spacial score (nSPS) is 19.5. The van der Waals surface area contributed by atoms with Crippen molar-refractivity contribution >= 4 is 22.6 Å². The van der Waals surface area contributed by atoms with Crippen LogP contribution in [0.25, 0.3) is 0 Å². The molecule has 0 spiro atoms. The lowest BCUT2D eigenvalue weighted by atomic mass is 9.74. The number of aliphatic hydroxyl groups excluding tert-OH is 2. The van der Waals surface area contributed by atoms with E-state index in [1.165, 1.54) is 24.3 Å². The summed E-state index contributed by atoms with van der Waals surface area (Å²) in [6.45, 7) is 8.14. The first-order valence-electron chi connectivity index (χ1n) is 9.73. The van der Waals surface area contributed by atoms with Gasteiger partial charge < -0.3 is 14.9 Å². The third-order valence-corrected chi connectivity index (χ3v) is 6.45. The molecular formula is C22H25F3INO3. The number of pyridine rings is 1. The zero-order valence-electron chi connectivity index (χ0n) is 17.2. The van der Waals surface area contributed by atoms with Crippen LogP contribution in [-0.2, 0) is 6.42 Å². The molecule has 1 unspecified atom stereocenters. The van der Waals surface area contributed by atoms with Gasteiger partial charge in [0.05, 0.1) is 11.8 Å². The molecule has 30 heavy (non-hydrogen) atoms. The number of hydrogen-bond acceptors (Lipinski definition) is 4. The molecule has 0 bridgehead atoms. The molecule has 2 N–H and O–H groups in total. The second kappa shape index (κ2) is 8.27. The van der Waals surface area contributed by atoms with E-state index in [1.807, 2.05) is 13.8 Å². The Kier molecular flexibility index (Phi) is 6.42. The largest absolute Gasteiger partial charge is 0.573 e. The molecule has 2 aromatic rings. The topological polar surface area (TPSA) is 62.6 Å². The van der Waals surface area contributed by atoms with Crippen molar-refractivity contribution in [2.45, 2.75) is 65.0 Å². The Balaban J connectivity index is 2.06. The van der Waals surface area contributed by atoms with Gasteiger partial charge in [-0.15, -0.1) is 13.2 Å². The van der Waals surface area contributed by atoms with E-state index in [0.717, 1.165) is 26.9 Å². The Morgan fingerprint density at radius 3 is 2.33 bits per heavy atom. The third kappa shape index (κ3) is 4.91. The van der Waals surface area contributed by atoms with Crippen molar-refractivity contribution in [3.05, 3.63) is 55.9 Å². The lowest BCUT2D eigenvalue weighted by Gasteiger charge is -2.36. The molecule has 1 aliphatic carbocycles. The highest BCUT2D eigenvalue weighted by molar-refractivity contribution is 14.1. The predicted molar refractivity (Wildman–Crippen MR) is 115 cm³/mol. The van der Waals surface area contributed by atoms with Crippen LogP contribution in [0.4, 0.5) is 13.2 Å². The van der Waals surface area contributed by atoms with Crippen molar-refractivity contribution in [2.75, 3.05) is 0 Å². The summed E-state index contributed by atoms with van der Waals surface area (Å²) in [5.74, 6) is -0.332. The second-order valence-corrected chi connectivity index (χ2v) is 9.90. The molecule has 1 heterocycles. The second-order valence-electron chi connectivity index (χ2n) is 8.82. The third-order valence-electron chi connectivity index (χ3n) is 5.29. The highest BCUT2D eigenvalue weighted by atomic mass is 127. The van der Waals surface area contributed by atoms with E-state index in [0.29, 0.717) is 17.5 Å². The maximum Gasteiger partial charge on any atom is 0.573 e. The van der Waals surface area contributed by atoms with Crippen molar-refractivity contribution in [3.63, 3.8) is 0 Å². The number of benzene rings is 1. The Hall–Kier alpha value is -1.39. The molecule has 1 aromatic heterocycles. The summed E-state index contributed by atoms with van der Waals surface area (Å²) >= 11 is 2.14. The van der Waals surface area contributed by atoms with E-state index in [4.69, 9.17) is 4.98 Å². The lowest BCUT2D eigenvalue weighted by Crippen LogP contribution is -2.29. The van der Waals surface area contributed by atoms with Gasteiger partial charge in [-0.05, 0) is 64.5 Å². The fourth-order valence-corrected chi connectivity index (χ4v) is 5.24. The fraction of sp³-hybridized carbons (Fsp3) is 0.500. The molecule has 2 atom stereocenters. The Labute approximate surface area is 187 Å². The standard InChI is InChI=1S/C22H25F3INO3/c1-11(2)19-17(18(26)16-14(27-19)9-21(3,4)10-15(16)28)20(29)12-5-7-13(8-6-12)30-22(23,24)25/h5-8,11,15,20,28-29H,9-10H2,1-4H3/t15?,20-/m0/s1. The zero-order valence-corrected chi connectivity index (χ0v) is 19.4. The highest BCUT2D eigenvalue weighted by Crippen LogP contribution is 2.45. The van der Waals surface area contributed by atoms with E-state index in [1.54, 1.807) is 0 Å². The van der Waals surface area contributed by atoms with Crippen molar-refractivity contribution in [1.29, 1.82) is 0 Å². The zero-order chi connectivity index (χ0) is 22.4. The van der Waals surface area contributed by atoms with Crippen LogP contribution in [0.15, 0.2) is 24.3 Å². The van der Waals surface area contributed by atoms with Gasteiger partial charge in [-0.3, -0.25) is 4.98 Å². The maximum absolute atomic E-state index is 12.4. The van der Waals surface area contributed by atoms with Gasteiger partial charge in [-0.25, -0.2) is 0 Å². The number of halogens is 4. The number of ether oxygens (including phenoxy) is 1. The van der Waals surface area contributed by atoms with Gasteiger partial charge in [0.25, 0.3) is 0 Å². The van der Waals surface area contributed by atoms with Gasteiger partial charge in [-0.2, -0.15) is 0 Å². The Morgan fingerprint density at radius 1 is 1.20 bits per heavy atom. The molecule has 0 saturated carbocycles. The fourth-order valence-electron chi connectivity index (χ4n) is 3.99. The number of aromatic nitrogens is 1. The number of fused-ring (bicyclic) bond motifs is 1. The van der Waals surface area contributed by atoms with Crippen molar-refractivity contribution in [2.24, 2.45) is 5.41 Å². The lowest BCUT2D eigenvalue weighted by molar-refractivity contribution is -0.274. The monoisotopic (exact) mass is 535 g/mol. The molecule has 164 valence electrons. The van der Waals surface area contributed by atoms with Crippen LogP contribution < -0.4 is 4.74 Å². The summed E-state index contributed by atoms with van der Waals surface area (Å²) in [5, 5.41) is 21.9. The minimum absolute atomic E-state index is 0.0171. The average Bonchev–Trinajstić information content (AvgIpc) is 2.58. The quantitative estimate of drug-likeness (QED) is 0.487. The van der Waals surface area contributed by atoms with Crippen molar-refractivity contribution < 1.29 is 28.1 Å². The first-order chi connectivity index (χ1) is 13.8. The molecule has 4 nitrogen and oxygen atoms in total. The van der Waals surface area contributed by atoms with Crippen LogP contribution in [0.5, 0.6) is 5.75 Å². The van der Waals surface area contributed by atoms with E-state index in [9.17, 15) is 23.4 Å². The van der Waals surface area contributed by atoms with Crippen LogP contribution >= 0.6 is 22.6 Å². The Bertz CT molecular complexity index is 927. The van der Waals surface area contributed by atoms with Crippen LogP contribution in [0.3, 0.4) is 0 Å². The summed E-state index contributed by atoms with van der Waals surface area (Å²) in [5.41, 5.74) is 3.25. The molecule has 0 radical (unpaired) electrons. The van der Waals surface area contributed by atoms with Crippen LogP contribution in [0, 0.1) is 8.99 Å². The Morgan fingerprint density at radius 2 is 1.80 bits per heavy atom. The first kappa shape index (κ1) is 23.3. The molecular weight excluding hydrogens is 510 g/mol. The maximum atomic E-state index is 12.4. The van der Waals surface area contributed by atoms with Gasteiger partial charge >= 0.3 is 6.36 Å². The summed E-state index contributed by atoms with van der Waals surface area (Å²) < 4.78 is 41.9. The minimum Gasteiger partial charge on any atom is -0.406 e. The molecule has 3 rings (SSSR count). The minimum atomic E-state index is -4.77. The van der Waals surface area contributed by atoms with Gasteiger partial charge in [0, 0.05) is 20.4 Å². The number of nitrogens with zero attached hydrogens (tertiary/aromatic N) is 1. The molecule has 8 heteroatoms. The van der Waals surface area contributed by atoms with E-state index in [2.05, 4.69) is 41.2 Å². The van der Waals surface area contributed by atoms with Gasteiger partial charge in [-0.1, -0.05) is 39.8 Å². The van der Waals surface area contributed by atoms with Crippen LogP contribution in [0.2, 0.25) is 0 Å². The number of aliphatic hydroxyl groups is 2.